The van der Waals surface area contributed by atoms with Gasteiger partial charge < -0.3 is 15.4 Å². The molecule has 1 atom stereocenters. The quantitative estimate of drug-likeness (QED) is 0.650. The standard InChI is InChI=1S/C22H22F3N3O4/c1-13(2)14-4-8-16(9-5-14)26-18(29)12-28-19(30)21(3,27-20(28)31)15-6-10-17(11-7-15)32-22(23,24)25/h4-11,13H,12H2,1-3H3,(H,26,29)(H,27,31). The Morgan fingerprint density at radius 1 is 1.09 bits per heavy atom. The van der Waals surface area contributed by atoms with Gasteiger partial charge in [-0.2, -0.15) is 0 Å². The van der Waals surface area contributed by atoms with Gasteiger partial charge in [0.1, 0.15) is 17.8 Å². The second-order valence-electron chi connectivity index (χ2n) is 7.84. The van der Waals surface area contributed by atoms with E-state index in [-0.39, 0.29) is 5.56 Å². The smallest absolute Gasteiger partial charge is 0.406 e. The van der Waals surface area contributed by atoms with Gasteiger partial charge in [0.05, 0.1) is 0 Å². The van der Waals surface area contributed by atoms with Crippen molar-refractivity contribution in [3.05, 3.63) is 59.7 Å². The molecule has 0 aromatic heterocycles. The maximum atomic E-state index is 12.9. The number of urea groups is 1. The van der Waals surface area contributed by atoms with Crippen molar-refractivity contribution in [2.24, 2.45) is 0 Å². The van der Waals surface area contributed by atoms with Gasteiger partial charge in [-0.25, -0.2) is 4.79 Å². The minimum absolute atomic E-state index is 0.248. The summed E-state index contributed by atoms with van der Waals surface area (Å²) in [4.78, 5) is 38.4. The van der Waals surface area contributed by atoms with Gasteiger partial charge in [0.25, 0.3) is 5.91 Å². The van der Waals surface area contributed by atoms with Crippen LogP contribution in [0, 0.1) is 0 Å². The number of nitrogens with one attached hydrogen (secondary N) is 2. The predicted molar refractivity (Wildman–Crippen MR) is 110 cm³/mol. The van der Waals surface area contributed by atoms with Crippen molar-refractivity contribution in [3.63, 3.8) is 0 Å². The maximum absolute atomic E-state index is 12.9. The Bertz CT molecular complexity index is 1020. The van der Waals surface area contributed by atoms with Crippen LogP contribution in [0.5, 0.6) is 5.75 Å². The van der Waals surface area contributed by atoms with Crippen LogP contribution in [-0.2, 0) is 15.1 Å². The molecule has 0 spiro atoms. The zero-order chi connectivity index (χ0) is 23.7. The van der Waals surface area contributed by atoms with Gasteiger partial charge >= 0.3 is 12.4 Å². The van der Waals surface area contributed by atoms with Crippen LogP contribution in [0.15, 0.2) is 48.5 Å². The van der Waals surface area contributed by atoms with E-state index in [4.69, 9.17) is 0 Å². The van der Waals surface area contributed by atoms with E-state index < -0.39 is 42.0 Å². The SMILES string of the molecule is CC(C)c1ccc(NC(=O)CN2C(=O)NC(C)(c3ccc(OC(F)(F)F)cc3)C2=O)cc1. The molecule has 1 heterocycles. The molecular formula is C22H22F3N3O4. The van der Waals surface area contributed by atoms with E-state index in [0.717, 1.165) is 22.6 Å². The average molecular weight is 449 g/mol. The van der Waals surface area contributed by atoms with Crippen LogP contribution in [-0.4, -0.2) is 35.7 Å². The van der Waals surface area contributed by atoms with Gasteiger partial charge in [-0.3, -0.25) is 14.5 Å². The summed E-state index contributed by atoms with van der Waals surface area (Å²) in [5.41, 5.74) is 0.332. The molecular weight excluding hydrogens is 427 g/mol. The number of halogens is 3. The molecule has 7 nitrogen and oxygen atoms in total. The molecule has 1 unspecified atom stereocenters. The molecule has 32 heavy (non-hydrogen) atoms. The first-order valence-electron chi connectivity index (χ1n) is 9.79. The molecule has 170 valence electrons. The highest BCUT2D eigenvalue weighted by Gasteiger charge is 2.49. The van der Waals surface area contributed by atoms with Crippen molar-refractivity contribution in [2.45, 2.75) is 38.6 Å². The molecule has 0 bridgehead atoms. The third-order valence-corrected chi connectivity index (χ3v) is 5.10. The summed E-state index contributed by atoms with van der Waals surface area (Å²) in [5, 5.41) is 5.13. The number of carbonyl (C=O) groups excluding carboxylic acids is 3. The molecule has 4 amide bonds. The van der Waals surface area contributed by atoms with E-state index in [1.54, 1.807) is 12.1 Å². The molecule has 0 radical (unpaired) electrons. The van der Waals surface area contributed by atoms with Gasteiger partial charge in [-0.05, 0) is 48.2 Å². The number of carbonyl (C=O) groups is 3. The summed E-state index contributed by atoms with van der Waals surface area (Å²) in [6.45, 7) is 4.98. The van der Waals surface area contributed by atoms with E-state index in [1.165, 1.54) is 19.1 Å². The highest BCUT2D eigenvalue weighted by atomic mass is 19.4. The molecule has 3 rings (SSSR count). The highest BCUT2D eigenvalue weighted by Crippen LogP contribution is 2.31. The molecule has 0 saturated carbocycles. The van der Waals surface area contributed by atoms with Crippen LogP contribution in [0.3, 0.4) is 0 Å². The van der Waals surface area contributed by atoms with Gasteiger partial charge in [-0.1, -0.05) is 38.1 Å². The van der Waals surface area contributed by atoms with Crippen LogP contribution in [0.2, 0.25) is 0 Å². The monoisotopic (exact) mass is 449 g/mol. The Balaban J connectivity index is 1.68. The zero-order valence-electron chi connectivity index (χ0n) is 17.6. The number of rotatable bonds is 6. The minimum Gasteiger partial charge on any atom is -0.406 e. The van der Waals surface area contributed by atoms with E-state index in [9.17, 15) is 27.6 Å². The number of imide groups is 1. The first-order valence-corrected chi connectivity index (χ1v) is 9.79. The Kier molecular flexibility index (Phi) is 6.16. The fourth-order valence-electron chi connectivity index (χ4n) is 3.32. The lowest BCUT2D eigenvalue weighted by Gasteiger charge is -2.22. The summed E-state index contributed by atoms with van der Waals surface area (Å²) in [7, 11) is 0. The fourth-order valence-corrected chi connectivity index (χ4v) is 3.32. The number of ether oxygens (including phenoxy) is 1. The minimum atomic E-state index is -4.85. The maximum Gasteiger partial charge on any atom is 0.573 e. The average Bonchev–Trinajstić information content (AvgIpc) is 2.91. The van der Waals surface area contributed by atoms with E-state index in [1.807, 2.05) is 26.0 Å². The Hall–Kier alpha value is -3.56. The molecule has 10 heteroatoms. The van der Waals surface area contributed by atoms with Crippen molar-refractivity contribution >= 4 is 23.5 Å². The van der Waals surface area contributed by atoms with E-state index in [2.05, 4.69) is 15.4 Å². The lowest BCUT2D eigenvalue weighted by molar-refractivity contribution is -0.274. The third-order valence-electron chi connectivity index (χ3n) is 5.10. The molecule has 1 saturated heterocycles. The summed E-state index contributed by atoms with van der Waals surface area (Å²) in [5.74, 6) is -1.39. The Morgan fingerprint density at radius 3 is 2.22 bits per heavy atom. The third kappa shape index (κ3) is 5.01. The van der Waals surface area contributed by atoms with Crippen LogP contribution < -0.4 is 15.4 Å². The van der Waals surface area contributed by atoms with Crippen LogP contribution in [0.25, 0.3) is 0 Å². The molecule has 1 aliphatic rings. The summed E-state index contributed by atoms with van der Waals surface area (Å²) >= 11 is 0. The molecule has 2 aromatic rings. The number of alkyl halides is 3. The Labute approximate surface area is 182 Å². The topological polar surface area (TPSA) is 87.7 Å². The highest BCUT2D eigenvalue weighted by molar-refractivity contribution is 6.10. The second-order valence-corrected chi connectivity index (χ2v) is 7.84. The summed E-state index contributed by atoms with van der Waals surface area (Å²) in [6, 6.07) is 11.0. The number of anilines is 1. The summed E-state index contributed by atoms with van der Waals surface area (Å²) in [6.07, 6.45) is -4.85. The number of hydrogen-bond donors (Lipinski definition) is 2. The van der Waals surface area contributed by atoms with Crippen LogP contribution in [0.4, 0.5) is 23.7 Å². The number of nitrogens with zero attached hydrogens (tertiary/aromatic N) is 1. The number of benzene rings is 2. The van der Waals surface area contributed by atoms with E-state index in [0.29, 0.717) is 11.6 Å². The van der Waals surface area contributed by atoms with E-state index >= 15 is 0 Å². The molecule has 2 aromatic carbocycles. The number of hydrogen-bond acceptors (Lipinski definition) is 4. The van der Waals surface area contributed by atoms with Gasteiger partial charge in [-0.15, -0.1) is 13.2 Å². The lowest BCUT2D eigenvalue weighted by Crippen LogP contribution is -2.42. The fraction of sp³-hybridized carbons (Fsp3) is 0.318. The zero-order valence-corrected chi connectivity index (χ0v) is 17.6. The predicted octanol–water partition coefficient (Wildman–Crippen LogP) is 4.11. The van der Waals surface area contributed by atoms with Crippen molar-refractivity contribution in [3.8, 4) is 5.75 Å². The van der Waals surface area contributed by atoms with Gasteiger partial charge in [0.15, 0.2) is 0 Å². The molecule has 0 aliphatic carbocycles. The normalized spacial score (nSPS) is 18.7. The summed E-state index contributed by atoms with van der Waals surface area (Å²) < 4.78 is 40.8. The van der Waals surface area contributed by atoms with Crippen molar-refractivity contribution < 1.29 is 32.3 Å². The first-order chi connectivity index (χ1) is 14.9. The molecule has 1 fully saturated rings. The second kappa shape index (κ2) is 8.52. The largest absolute Gasteiger partial charge is 0.573 e. The number of amides is 4. The van der Waals surface area contributed by atoms with Crippen molar-refractivity contribution in [1.29, 1.82) is 0 Å². The van der Waals surface area contributed by atoms with Crippen molar-refractivity contribution in [1.82, 2.24) is 10.2 Å². The van der Waals surface area contributed by atoms with Crippen LogP contribution in [0.1, 0.15) is 37.8 Å². The van der Waals surface area contributed by atoms with Crippen molar-refractivity contribution in [2.75, 3.05) is 11.9 Å². The lowest BCUT2D eigenvalue weighted by atomic mass is 9.92. The van der Waals surface area contributed by atoms with Gasteiger partial charge in [0.2, 0.25) is 5.91 Å². The van der Waals surface area contributed by atoms with Gasteiger partial charge in [0, 0.05) is 5.69 Å². The molecule has 1 aliphatic heterocycles. The Morgan fingerprint density at radius 2 is 1.69 bits per heavy atom. The first kappa shape index (κ1) is 23.1. The van der Waals surface area contributed by atoms with Crippen LogP contribution >= 0.6 is 0 Å². The molecule has 2 N–H and O–H groups in total.